The molecule has 2 aromatic rings. The van der Waals surface area contributed by atoms with Crippen LogP contribution in [0.3, 0.4) is 0 Å². The monoisotopic (exact) mass is 472 g/mol. The lowest BCUT2D eigenvalue weighted by Gasteiger charge is -2.22. The molecular formula is C23H25FN4O4S. The quantitative estimate of drug-likeness (QED) is 0.626. The molecule has 2 aliphatic rings. The van der Waals surface area contributed by atoms with E-state index < -0.39 is 23.3 Å². The Morgan fingerprint density at radius 3 is 2.64 bits per heavy atom. The molecule has 33 heavy (non-hydrogen) atoms. The van der Waals surface area contributed by atoms with Gasteiger partial charge in [0.1, 0.15) is 11.9 Å². The van der Waals surface area contributed by atoms with Crippen molar-refractivity contribution in [3.05, 3.63) is 59.9 Å². The van der Waals surface area contributed by atoms with Gasteiger partial charge in [-0.25, -0.2) is 9.18 Å². The van der Waals surface area contributed by atoms with E-state index in [1.807, 2.05) is 30.3 Å². The van der Waals surface area contributed by atoms with Gasteiger partial charge in [0.25, 0.3) is 5.24 Å². The molecule has 0 N–H and O–H groups in total. The SMILES string of the molecule is CCN(C[C@@H]1CN(c2ccc(N3CC(=O)N(Cc4ccccc4)C3)c(F)c2)C(=O)O1)C(=O)S. The van der Waals surface area contributed by atoms with Gasteiger partial charge in [0.15, 0.2) is 0 Å². The van der Waals surface area contributed by atoms with Gasteiger partial charge in [0, 0.05) is 13.1 Å². The lowest BCUT2D eigenvalue weighted by atomic mass is 10.2. The van der Waals surface area contributed by atoms with E-state index in [0.717, 1.165) is 5.56 Å². The molecule has 8 nitrogen and oxygen atoms in total. The maximum absolute atomic E-state index is 15.0. The standard InChI is InChI=1S/C23H25FN4O4S/c1-2-25(23(31)33)12-18-13-28(22(30)32-18)17-8-9-20(19(24)10-17)26-14-21(29)27(15-26)11-16-6-4-3-5-7-16/h3-10,18H,2,11-15H2,1H3,(H,31,33)/t18-/m1/s1. The van der Waals surface area contributed by atoms with E-state index in [2.05, 4.69) is 12.6 Å². The van der Waals surface area contributed by atoms with Crippen LogP contribution in [0.25, 0.3) is 0 Å². The predicted molar refractivity (Wildman–Crippen MR) is 125 cm³/mol. The van der Waals surface area contributed by atoms with Gasteiger partial charge in [-0.1, -0.05) is 43.0 Å². The van der Waals surface area contributed by atoms with Gasteiger partial charge in [0.05, 0.1) is 37.7 Å². The van der Waals surface area contributed by atoms with Gasteiger partial charge in [0.2, 0.25) is 5.91 Å². The van der Waals surface area contributed by atoms with Gasteiger partial charge in [-0.3, -0.25) is 14.5 Å². The minimum atomic E-state index is -0.597. The summed E-state index contributed by atoms with van der Waals surface area (Å²) < 4.78 is 20.4. The fourth-order valence-corrected chi connectivity index (χ4v) is 4.26. The molecule has 2 fully saturated rings. The summed E-state index contributed by atoms with van der Waals surface area (Å²) in [7, 11) is 0. The van der Waals surface area contributed by atoms with Crippen LogP contribution in [0.1, 0.15) is 12.5 Å². The zero-order valence-electron chi connectivity index (χ0n) is 18.2. The molecule has 174 valence electrons. The maximum Gasteiger partial charge on any atom is 0.414 e. The number of halogens is 1. The van der Waals surface area contributed by atoms with Crippen molar-refractivity contribution in [2.24, 2.45) is 0 Å². The van der Waals surface area contributed by atoms with Gasteiger partial charge < -0.3 is 19.4 Å². The fraction of sp³-hybridized carbons (Fsp3) is 0.348. The lowest BCUT2D eigenvalue weighted by Crippen LogP contribution is -2.36. The van der Waals surface area contributed by atoms with E-state index in [1.54, 1.807) is 28.9 Å². The number of carbonyl (C=O) groups is 3. The molecule has 2 aromatic carbocycles. The first-order valence-corrected chi connectivity index (χ1v) is 11.1. The van der Waals surface area contributed by atoms with Crippen LogP contribution in [0.15, 0.2) is 48.5 Å². The van der Waals surface area contributed by atoms with E-state index >= 15 is 4.39 Å². The highest BCUT2D eigenvalue weighted by molar-refractivity contribution is 7.96. The number of hydrogen-bond acceptors (Lipinski definition) is 5. The van der Waals surface area contributed by atoms with E-state index in [4.69, 9.17) is 4.74 Å². The first-order chi connectivity index (χ1) is 15.9. The highest BCUT2D eigenvalue weighted by Crippen LogP contribution is 2.30. The number of carbonyl (C=O) groups excluding carboxylic acids is 3. The van der Waals surface area contributed by atoms with Crippen LogP contribution in [0.5, 0.6) is 0 Å². The van der Waals surface area contributed by atoms with Crippen molar-refractivity contribution in [2.75, 3.05) is 42.6 Å². The largest absolute Gasteiger partial charge is 0.442 e. The van der Waals surface area contributed by atoms with Gasteiger partial charge >= 0.3 is 6.09 Å². The molecule has 2 heterocycles. The summed E-state index contributed by atoms with van der Waals surface area (Å²) in [5, 5.41) is -0.399. The Balaban J connectivity index is 1.42. The summed E-state index contributed by atoms with van der Waals surface area (Å²) in [6.45, 7) is 3.48. The van der Waals surface area contributed by atoms with Crippen LogP contribution >= 0.6 is 12.6 Å². The molecule has 2 saturated heterocycles. The van der Waals surface area contributed by atoms with Gasteiger partial charge in [-0.05, 0) is 30.7 Å². The minimum Gasteiger partial charge on any atom is -0.442 e. The third-order valence-electron chi connectivity index (χ3n) is 5.77. The number of cyclic esters (lactones) is 1. The summed E-state index contributed by atoms with van der Waals surface area (Å²) >= 11 is 3.82. The Bertz CT molecular complexity index is 1050. The molecule has 1 atom stereocenters. The maximum atomic E-state index is 15.0. The summed E-state index contributed by atoms with van der Waals surface area (Å²) in [5.41, 5.74) is 1.66. The number of likely N-dealkylation sites (N-methyl/N-ethyl adjacent to an activating group) is 1. The zero-order chi connectivity index (χ0) is 23.5. The van der Waals surface area contributed by atoms with Crippen molar-refractivity contribution in [2.45, 2.75) is 19.6 Å². The van der Waals surface area contributed by atoms with Crippen LogP contribution in [0.2, 0.25) is 0 Å². The van der Waals surface area contributed by atoms with Gasteiger partial charge in [-0.2, -0.15) is 0 Å². The Morgan fingerprint density at radius 2 is 1.97 bits per heavy atom. The molecule has 0 bridgehead atoms. The first-order valence-electron chi connectivity index (χ1n) is 10.7. The Labute approximate surface area is 196 Å². The third kappa shape index (κ3) is 5.05. The molecule has 0 aliphatic carbocycles. The number of amides is 3. The van der Waals surface area contributed by atoms with E-state index in [9.17, 15) is 14.4 Å². The van der Waals surface area contributed by atoms with Gasteiger partial charge in [-0.15, -0.1) is 0 Å². The van der Waals surface area contributed by atoms with Crippen LogP contribution in [0, 0.1) is 5.82 Å². The molecule has 0 spiro atoms. The normalized spacial score (nSPS) is 18.2. The second kappa shape index (κ2) is 9.70. The zero-order valence-corrected chi connectivity index (χ0v) is 19.1. The molecule has 0 radical (unpaired) electrons. The van der Waals surface area contributed by atoms with Crippen molar-refractivity contribution in [1.82, 2.24) is 9.80 Å². The van der Waals surface area contributed by atoms with Crippen LogP contribution in [-0.4, -0.2) is 66.0 Å². The van der Waals surface area contributed by atoms with E-state index in [0.29, 0.717) is 24.5 Å². The summed E-state index contributed by atoms with van der Waals surface area (Å²) in [6, 6.07) is 14.1. The number of hydrogen-bond donors (Lipinski definition) is 1. The molecule has 2 aliphatic heterocycles. The van der Waals surface area contributed by atoms with Crippen LogP contribution in [0.4, 0.5) is 25.4 Å². The van der Waals surface area contributed by atoms with Crippen molar-refractivity contribution < 1.29 is 23.5 Å². The van der Waals surface area contributed by atoms with Crippen LogP contribution in [-0.2, 0) is 16.1 Å². The van der Waals surface area contributed by atoms with Crippen molar-refractivity contribution in [3.8, 4) is 0 Å². The summed E-state index contributed by atoms with van der Waals surface area (Å²) in [4.78, 5) is 42.4. The molecule has 3 amide bonds. The molecule has 4 rings (SSSR count). The second-order valence-electron chi connectivity index (χ2n) is 7.99. The predicted octanol–water partition coefficient (Wildman–Crippen LogP) is 3.33. The third-order valence-corrected chi connectivity index (χ3v) is 6.05. The number of benzene rings is 2. The Hall–Kier alpha value is -3.27. The average Bonchev–Trinajstić information content (AvgIpc) is 3.34. The van der Waals surface area contributed by atoms with E-state index in [1.165, 1.54) is 15.9 Å². The molecule has 0 aromatic heterocycles. The van der Waals surface area contributed by atoms with Crippen molar-refractivity contribution >= 4 is 41.2 Å². The molecule has 0 saturated carbocycles. The minimum absolute atomic E-state index is 0.0764. The van der Waals surface area contributed by atoms with Crippen LogP contribution < -0.4 is 9.80 Å². The summed E-state index contributed by atoms with van der Waals surface area (Å²) in [6.07, 6.45) is -1.13. The highest BCUT2D eigenvalue weighted by atomic mass is 32.1. The molecular weight excluding hydrogens is 447 g/mol. The number of nitrogens with zero attached hydrogens (tertiary/aromatic N) is 4. The van der Waals surface area contributed by atoms with Crippen molar-refractivity contribution in [3.63, 3.8) is 0 Å². The number of rotatable bonds is 7. The first kappa shape index (κ1) is 22.9. The topological polar surface area (TPSA) is 73.4 Å². The second-order valence-corrected chi connectivity index (χ2v) is 8.37. The number of thiol groups is 1. The number of ether oxygens (including phenoxy) is 1. The molecule has 10 heteroatoms. The number of anilines is 2. The average molecular weight is 473 g/mol. The summed E-state index contributed by atoms with van der Waals surface area (Å²) in [5.74, 6) is -0.605. The fourth-order valence-electron chi connectivity index (χ4n) is 4.04. The Kier molecular flexibility index (Phi) is 6.73. The molecule has 0 unspecified atom stereocenters. The highest BCUT2D eigenvalue weighted by Gasteiger charge is 2.35. The Morgan fingerprint density at radius 1 is 1.21 bits per heavy atom. The van der Waals surface area contributed by atoms with E-state index in [-0.39, 0.29) is 32.2 Å². The van der Waals surface area contributed by atoms with Crippen molar-refractivity contribution in [1.29, 1.82) is 0 Å². The lowest BCUT2D eigenvalue weighted by molar-refractivity contribution is -0.127. The smallest absolute Gasteiger partial charge is 0.414 e.